The summed E-state index contributed by atoms with van der Waals surface area (Å²) in [6.07, 6.45) is 6.18. The molecule has 0 radical (unpaired) electrons. The lowest BCUT2D eigenvalue weighted by Gasteiger charge is -2.14. The fraction of sp³-hybridized carbons (Fsp3) is 0.333. The Bertz CT molecular complexity index is 352. The largest absolute Gasteiger partial charge is 0.371 e. The van der Waals surface area contributed by atoms with Crippen LogP contribution >= 0.6 is 0 Å². The molecule has 14 heavy (non-hydrogen) atoms. The van der Waals surface area contributed by atoms with Gasteiger partial charge in [-0.1, -0.05) is 12.8 Å². The van der Waals surface area contributed by atoms with Gasteiger partial charge < -0.3 is 5.32 Å². The standard InChI is InChI=1S/C12H14FN/c1-4-11(5-2)14-12-7-6-10(13)8-9(12)3/h1,6-8,11,14H,5H2,2-3H3. The highest BCUT2D eigenvalue weighted by molar-refractivity contribution is 5.52. The lowest BCUT2D eigenvalue weighted by molar-refractivity contribution is 0.626. The van der Waals surface area contributed by atoms with Gasteiger partial charge in [0.25, 0.3) is 0 Å². The molecule has 1 rings (SSSR count). The van der Waals surface area contributed by atoms with Gasteiger partial charge in [-0.15, -0.1) is 6.42 Å². The topological polar surface area (TPSA) is 12.0 Å². The van der Waals surface area contributed by atoms with E-state index < -0.39 is 0 Å². The third-order valence-electron chi connectivity index (χ3n) is 2.13. The van der Waals surface area contributed by atoms with Crippen LogP contribution < -0.4 is 5.32 Å². The van der Waals surface area contributed by atoms with Crippen LogP contribution in [0.2, 0.25) is 0 Å². The number of terminal acetylenes is 1. The molecule has 0 heterocycles. The van der Waals surface area contributed by atoms with Gasteiger partial charge in [-0.05, 0) is 37.1 Å². The van der Waals surface area contributed by atoms with Crippen molar-refractivity contribution in [2.45, 2.75) is 26.3 Å². The van der Waals surface area contributed by atoms with E-state index in [0.717, 1.165) is 17.7 Å². The van der Waals surface area contributed by atoms with Crippen molar-refractivity contribution in [1.29, 1.82) is 0 Å². The number of aryl methyl sites for hydroxylation is 1. The SMILES string of the molecule is C#CC(CC)Nc1ccc(F)cc1C. The number of halogens is 1. The van der Waals surface area contributed by atoms with Crippen LogP contribution in [0.3, 0.4) is 0 Å². The first-order valence-electron chi connectivity index (χ1n) is 4.66. The summed E-state index contributed by atoms with van der Waals surface area (Å²) in [5.41, 5.74) is 1.77. The highest BCUT2D eigenvalue weighted by Gasteiger charge is 2.04. The second-order valence-corrected chi connectivity index (χ2v) is 3.23. The maximum Gasteiger partial charge on any atom is 0.123 e. The Morgan fingerprint density at radius 3 is 2.79 bits per heavy atom. The minimum atomic E-state index is -0.221. The van der Waals surface area contributed by atoms with Crippen LogP contribution in [-0.4, -0.2) is 6.04 Å². The zero-order chi connectivity index (χ0) is 10.6. The van der Waals surface area contributed by atoms with E-state index in [0.29, 0.717) is 0 Å². The summed E-state index contributed by atoms with van der Waals surface area (Å²) >= 11 is 0. The highest BCUT2D eigenvalue weighted by Crippen LogP contribution is 2.17. The summed E-state index contributed by atoms with van der Waals surface area (Å²) in [5, 5.41) is 3.17. The average Bonchev–Trinajstić information content (AvgIpc) is 2.17. The second kappa shape index (κ2) is 4.66. The van der Waals surface area contributed by atoms with E-state index in [1.807, 2.05) is 13.8 Å². The van der Waals surface area contributed by atoms with Crippen molar-refractivity contribution in [3.05, 3.63) is 29.6 Å². The quantitative estimate of drug-likeness (QED) is 0.724. The summed E-state index contributed by atoms with van der Waals surface area (Å²) < 4.78 is 12.8. The van der Waals surface area contributed by atoms with Gasteiger partial charge in [-0.2, -0.15) is 0 Å². The zero-order valence-corrected chi connectivity index (χ0v) is 8.47. The number of hydrogen-bond acceptors (Lipinski definition) is 1. The summed E-state index contributed by atoms with van der Waals surface area (Å²) in [6.45, 7) is 3.87. The molecule has 0 aromatic heterocycles. The zero-order valence-electron chi connectivity index (χ0n) is 8.47. The molecule has 1 unspecified atom stereocenters. The van der Waals surface area contributed by atoms with E-state index >= 15 is 0 Å². The Labute approximate surface area is 84.3 Å². The first kappa shape index (κ1) is 10.6. The van der Waals surface area contributed by atoms with Crippen LogP contribution in [0.1, 0.15) is 18.9 Å². The third kappa shape index (κ3) is 2.50. The summed E-state index contributed by atoms with van der Waals surface area (Å²) in [7, 11) is 0. The van der Waals surface area contributed by atoms with Crippen LogP contribution in [-0.2, 0) is 0 Å². The van der Waals surface area contributed by atoms with Crippen molar-refractivity contribution >= 4 is 5.69 Å². The van der Waals surface area contributed by atoms with E-state index in [4.69, 9.17) is 6.42 Å². The van der Waals surface area contributed by atoms with E-state index in [9.17, 15) is 4.39 Å². The molecule has 0 saturated carbocycles. The van der Waals surface area contributed by atoms with E-state index in [2.05, 4.69) is 11.2 Å². The Kier molecular flexibility index (Phi) is 3.53. The molecule has 0 fully saturated rings. The third-order valence-corrected chi connectivity index (χ3v) is 2.13. The normalized spacial score (nSPS) is 11.9. The van der Waals surface area contributed by atoms with Crippen LogP contribution in [0.4, 0.5) is 10.1 Å². The van der Waals surface area contributed by atoms with Gasteiger partial charge in [0.1, 0.15) is 5.82 Å². The molecule has 0 aliphatic rings. The summed E-state index contributed by atoms with van der Waals surface area (Å²) in [4.78, 5) is 0. The molecule has 1 aromatic rings. The molecule has 0 spiro atoms. The van der Waals surface area contributed by atoms with Crippen molar-refractivity contribution in [3.63, 3.8) is 0 Å². The fourth-order valence-electron chi connectivity index (χ4n) is 1.24. The van der Waals surface area contributed by atoms with Crippen molar-refractivity contribution < 1.29 is 4.39 Å². The van der Waals surface area contributed by atoms with Gasteiger partial charge in [0.05, 0.1) is 6.04 Å². The summed E-state index contributed by atoms with van der Waals surface area (Å²) in [5.74, 6) is 2.42. The molecule has 1 N–H and O–H groups in total. The van der Waals surface area contributed by atoms with E-state index in [-0.39, 0.29) is 11.9 Å². The number of nitrogens with one attached hydrogen (secondary N) is 1. The Morgan fingerprint density at radius 2 is 2.29 bits per heavy atom. The molecule has 1 aromatic carbocycles. The van der Waals surface area contributed by atoms with Gasteiger partial charge in [-0.3, -0.25) is 0 Å². The average molecular weight is 191 g/mol. The lowest BCUT2D eigenvalue weighted by atomic mass is 10.1. The number of benzene rings is 1. The smallest absolute Gasteiger partial charge is 0.123 e. The number of rotatable bonds is 3. The van der Waals surface area contributed by atoms with Gasteiger partial charge in [0.15, 0.2) is 0 Å². The van der Waals surface area contributed by atoms with Gasteiger partial charge >= 0.3 is 0 Å². The molecule has 0 saturated heterocycles. The molecular formula is C12H14FN. The molecular weight excluding hydrogens is 177 g/mol. The van der Waals surface area contributed by atoms with Gasteiger partial charge in [0, 0.05) is 5.69 Å². The predicted octanol–water partition coefficient (Wildman–Crippen LogP) is 2.96. The molecule has 1 nitrogen and oxygen atoms in total. The van der Waals surface area contributed by atoms with Crippen LogP contribution in [0.25, 0.3) is 0 Å². The second-order valence-electron chi connectivity index (χ2n) is 3.23. The highest BCUT2D eigenvalue weighted by atomic mass is 19.1. The molecule has 0 bridgehead atoms. The predicted molar refractivity (Wildman–Crippen MR) is 57.7 cm³/mol. The number of anilines is 1. The molecule has 74 valence electrons. The van der Waals surface area contributed by atoms with Crippen LogP contribution in [0.15, 0.2) is 18.2 Å². The first-order valence-corrected chi connectivity index (χ1v) is 4.66. The minimum Gasteiger partial charge on any atom is -0.371 e. The first-order chi connectivity index (χ1) is 6.67. The Balaban J connectivity index is 2.82. The minimum absolute atomic E-state index is 0.0131. The molecule has 0 aliphatic carbocycles. The van der Waals surface area contributed by atoms with E-state index in [1.54, 1.807) is 6.07 Å². The Morgan fingerprint density at radius 1 is 1.57 bits per heavy atom. The van der Waals surface area contributed by atoms with Crippen LogP contribution in [0, 0.1) is 25.1 Å². The molecule has 1 atom stereocenters. The van der Waals surface area contributed by atoms with E-state index in [1.165, 1.54) is 12.1 Å². The van der Waals surface area contributed by atoms with Gasteiger partial charge in [-0.25, -0.2) is 4.39 Å². The summed E-state index contributed by atoms with van der Waals surface area (Å²) in [6, 6.07) is 4.65. The van der Waals surface area contributed by atoms with Crippen molar-refractivity contribution in [2.24, 2.45) is 0 Å². The van der Waals surface area contributed by atoms with Gasteiger partial charge in [0.2, 0.25) is 0 Å². The maximum absolute atomic E-state index is 12.8. The van der Waals surface area contributed by atoms with Crippen molar-refractivity contribution in [2.75, 3.05) is 5.32 Å². The molecule has 2 heteroatoms. The van der Waals surface area contributed by atoms with Crippen molar-refractivity contribution in [1.82, 2.24) is 0 Å². The fourth-order valence-corrected chi connectivity index (χ4v) is 1.24. The van der Waals surface area contributed by atoms with Crippen LogP contribution in [0.5, 0.6) is 0 Å². The number of hydrogen-bond donors (Lipinski definition) is 1. The monoisotopic (exact) mass is 191 g/mol. The molecule has 0 amide bonds. The maximum atomic E-state index is 12.8. The van der Waals surface area contributed by atoms with Crippen molar-refractivity contribution in [3.8, 4) is 12.3 Å². The Hall–Kier alpha value is -1.49. The molecule has 0 aliphatic heterocycles. The lowest BCUT2D eigenvalue weighted by Crippen LogP contribution is -2.16.